The number of nitrogens with two attached hydrogens (primary N) is 1. The highest BCUT2D eigenvalue weighted by Gasteiger charge is 2.27. The van der Waals surface area contributed by atoms with E-state index in [1.165, 1.54) is 13.8 Å². The van der Waals surface area contributed by atoms with E-state index in [9.17, 15) is 8.42 Å². The van der Waals surface area contributed by atoms with Gasteiger partial charge in [0.2, 0.25) is 10.0 Å². The first kappa shape index (κ1) is 8.20. The zero-order valence-electron chi connectivity index (χ0n) is 4.68. The van der Waals surface area contributed by atoms with Gasteiger partial charge in [-0.25, -0.2) is 13.6 Å². The average molecular weight is 158 g/mol. The average Bonchev–Trinajstić information content (AvgIpc) is 1.25. The number of rotatable bonds is 1. The number of alkyl halides is 1. The minimum absolute atomic E-state index is 1.32. The SMILES string of the molecule is CC(C)(Cl)S(N)(=O)=O. The van der Waals surface area contributed by atoms with Gasteiger partial charge in [-0.05, 0) is 13.8 Å². The van der Waals surface area contributed by atoms with Crippen molar-refractivity contribution in [2.75, 3.05) is 0 Å². The lowest BCUT2D eigenvalue weighted by Gasteiger charge is -2.10. The monoisotopic (exact) mass is 157 g/mol. The molecule has 0 spiro atoms. The topological polar surface area (TPSA) is 60.2 Å². The number of halogens is 1. The summed E-state index contributed by atoms with van der Waals surface area (Å²) in [5.41, 5.74) is 0. The molecule has 3 nitrogen and oxygen atoms in total. The third-order valence-electron chi connectivity index (χ3n) is 0.677. The Hall–Kier alpha value is 0.200. The predicted octanol–water partition coefficient (Wildman–Crippen LogP) is 0.250. The molecule has 0 bridgehead atoms. The van der Waals surface area contributed by atoms with Gasteiger partial charge in [0.15, 0.2) is 4.21 Å². The lowest BCUT2D eigenvalue weighted by atomic mass is 10.6. The standard InChI is InChI=1S/C3H8ClNO2S/c1-3(2,4)8(5,6)7/h1-2H3,(H2,5,6,7). The van der Waals surface area contributed by atoms with Gasteiger partial charge in [-0.3, -0.25) is 0 Å². The van der Waals surface area contributed by atoms with Crippen LogP contribution in [0.4, 0.5) is 0 Å². The van der Waals surface area contributed by atoms with Gasteiger partial charge >= 0.3 is 0 Å². The fourth-order valence-corrected chi connectivity index (χ4v) is 0. The summed E-state index contributed by atoms with van der Waals surface area (Å²) < 4.78 is 19.3. The van der Waals surface area contributed by atoms with Crippen LogP contribution in [0.1, 0.15) is 13.8 Å². The molecule has 0 saturated carbocycles. The Balaban J connectivity index is 4.53. The van der Waals surface area contributed by atoms with Crippen molar-refractivity contribution < 1.29 is 8.42 Å². The van der Waals surface area contributed by atoms with Crippen LogP contribution in [0.3, 0.4) is 0 Å². The van der Waals surface area contributed by atoms with Gasteiger partial charge in [-0.15, -0.1) is 11.6 Å². The molecule has 0 aliphatic rings. The number of hydrogen-bond donors (Lipinski definition) is 1. The third kappa shape index (κ3) is 1.98. The summed E-state index contributed by atoms with van der Waals surface area (Å²) in [6.07, 6.45) is 0. The van der Waals surface area contributed by atoms with E-state index in [1.807, 2.05) is 0 Å². The molecule has 0 unspecified atom stereocenters. The molecule has 0 amide bonds. The molecule has 0 rings (SSSR count). The molecule has 0 aliphatic carbocycles. The summed E-state index contributed by atoms with van der Waals surface area (Å²) in [5.74, 6) is 0. The van der Waals surface area contributed by atoms with Crippen molar-refractivity contribution in [2.24, 2.45) is 5.14 Å². The maximum Gasteiger partial charge on any atom is 0.228 e. The van der Waals surface area contributed by atoms with Gasteiger partial charge in [-0.2, -0.15) is 0 Å². The van der Waals surface area contributed by atoms with Gasteiger partial charge in [0.1, 0.15) is 0 Å². The number of primary sulfonamides is 1. The van der Waals surface area contributed by atoms with Crippen LogP contribution in [0.25, 0.3) is 0 Å². The first-order chi connectivity index (χ1) is 3.25. The lowest BCUT2D eigenvalue weighted by Crippen LogP contribution is -2.31. The quantitative estimate of drug-likeness (QED) is 0.555. The van der Waals surface area contributed by atoms with E-state index in [0.717, 1.165) is 0 Å². The van der Waals surface area contributed by atoms with Crippen LogP contribution < -0.4 is 5.14 Å². The normalized spacial score (nSPS) is 14.0. The minimum atomic E-state index is -3.57. The molecule has 5 heteroatoms. The minimum Gasteiger partial charge on any atom is -0.227 e. The summed E-state index contributed by atoms with van der Waals surface area (Å²) in [6, 6.07) is 0. The van der Waals surface area contributed by atoms with Crippen molar-refractivity contribution in [3.8, 4) is 0 Å². The molecule has 0 heterocycles. The van der Waals surface area contributed by atoms with Crippen molar-refractivity contribution in [1.29, 1.82) is 0 Å². The van der Waals surface area contributed by atoms with Gasteiger partial charge in [-0.1, -0.05) is 0 Å². The summed E-state index contributed by atoms with van der Waals surface area (Å²) in [4.78, 5) is 0. The van der Waals surface area contributed by atoms with Crippen LogP contribution in [-0.4, -0.2) is 12.6 Å². The molecular weight excluding hydrogens is 150 g/mol. The molecule has 0 atom stereocenters. The molecule has 0 fully saturated rings. The fraction of sp³-hybridized carbons (Fsp3) is 1.00. The van der Waals surface area contributed by atoms with E-state index >= 15 is 0 Å². The Morgan fingerprint density at radius 2 is 1.62 bits per heavy atom. The Morgan fingerprint density at radius 3 is 1.62 bits per heavy atom. The van der Waals surface area contributed by atoms with Crippen molar-refractivity contribution in [3.63, 3.8) is 0 Å². The maximum atomic E-state index is 10.3. The van der Waals surface area contributed by atoms with Crippen LogP contribution >= 0.6 is 11.6 Å². The third-order valence-corrected chi connectivity index (χ3v) is 2.67. The summed E-state index contributed by atoms with van der Waals surface area (Å²) in [7, 11) is -3.57. The Labute approximate surface area is 53.9 Å². The van der Waals surface area contributed by atoms with E-state index < -0.39 is 14.2 Å². The molecule has 0 aromatic carbocycles. The molecule has 0 aromatic heterocycles. The first-order valence-corrected chi connectivity index (χ1v) is 3.89. The van der Waals surface area contributed by atoms with Crippen molar-refractivity contribution in [1.82, 2.24) is 0 Å². The molecule has 0 aliphatic heterocycles. The summed E-state index contributed by atoms with van der Waals surface area (Å²) >= 11 is 5.30. The zero-order chi connectivity index (χ0) is 7.00. The maximum absolute atomic E-state index is 10.3. The number of hydrogen-bond acceptors (Lipinski definition) is 2. The second kappa shape index (κ2) is 1.86. The highest BCUT2D eigenvalue weighted by atomic mass is 35.5. The second-order valence-corrected chi connectivity index (χ2v) is 5.19. The first-order valence-electron chi connectivity index (χ1n) is 1.96. The zero-order valence-corrected chi connectivity index (χ0v) is 6.25. The molecular formula is C3H8ClNO2S. The fourth-order valence-electron chi connectivity index (χ4n) is 0. The van der Waals surface area contributed by atoms with Crippen LogP contribution in [0.15, 0.2) is 0 Å². The summed E-state index contributed by atoms with van der Waals surface area (Å²) in [6.45, 7) is 2.65. The number of sulfonamides is 1. The molecule has 0 aromatic rings. The van der Waals surface area contributed by atoms with E-state index in [0.29, 0.717) is 0 Å². The molecule has 0 saturated heterocycles. The van der Waals surface area contributed by atoms with Crippen LogP contribution in [0, 0.1) is 0 Å². The predicted molar refractivity (Wildman–Crippen MR) is 33.0 cm³/mol. The van der Waals surface area contributed by atoms with Gasteiger partial charge < -0.3 is 0 Å². The molecule has 8 heavy (non-hydrogen) atoms. The van der Waals surface area contributed by atoms with Crippen LogP contribution in [-0.2, 0) is 10.0 Å². The van der Waals surface area contributed by atoms with Gasteiger partial charge in [0, 0.05) is 0 Å². The van der Waals surface area contributed by atoms with Crippen molar-refractivity contribution in [3.05, 3.63) is 0 Å². The molecule has 50 valence electrons. The van der Waals surface area contributed by atoms with Crippen molar-refractivity contribution >= 4 is 21.6 Å². The van der Waals surface area contributed by atoms with Crippen LogP contribution in [0.5, 0.6) is 0 Å². The largest absolute Gasteiger partial charge is 0.228 e. The van der Waals surface area contributed by atoms with E-state index in [4.69, 9.17) is 11.6 Å². The second-order valence-electron chi connectivity index (χ2n) is 1.91. The van der Waals surface area contributed by atoms with Gasteiger partial charge in [0.25, 0.3) is 0 Å². The molecule has 0 radical (unpaired) electrons. The van der Waals surface area contributed by atoms with Gasteiger partial charge in [0.05, 0.1) is 0 Å². The van der Waals surface area contributed by atoms with E-state index in [2.05, 4.69) is 5.14 Å². The molecule has 2 N–H and O–H groups in total. The Bertz CT molecular complexity index is 166. The van der Waals surface area contributed by atoms with E-state index in [1.54, 1.807) is 0 Å². The van der Waals surface area contributed by atoms with Crippen molar-refractivity contribution in [2.45, 2.75) is 18.1 Å². The Morgan fingerprint density at radius 1 is 1.50 bits per heavy atom. The smallest absolute Gasteiger partial charge is 0.227 e. The highest BCUT2D eigenvalue weighted by Crippen LogP contribution is 2.16. The Kier molecular flexibility index (Phi) is 1.91. The highest BCUT2D eigenvalue weighted by molar-refractivity contribution is 7.91. The van der Waals surface area contributed by atoms with E-state index in [-0.39, 0.29) is 0 Å². The lowest BCUT2D eigenvalue weighted by molar-refractivity contribution is 0.583. The summed E-state index contributed by atoms with van der Waals surface area (Å²) in [5, 5.41) is 4.65. The van der Waals surface area contributed by atoms with Crippen LogP contribution in [0.2, 0.25) is 0 Å².